The Morgan fingerprint density at radius 1 is 1.24 bits per heavy atom. The van der Waals surface area contributed by atoms with Crippen LogP contribution in [0.25, 0.3) is 10.8 Å². The maximum Gasteiger partial charge on any atom is 0.133 e. The Morgan fingerprint density at radius 3 is 2.86 bits per heavy atom. The summed E-state index contributed by atoms with van der Waals surface area (Å²) in [5.74, 6) is 0.986. The molecular formula is C17H23N3O. The lowest BCUT2D eigenvalue weighted by atomic mass is 10.1. The van der Waals surface area contributed by atoms with Crippen molar-refractivity contribution < 1.29 is 4.74 Å². The Labute approximate surface area is 126 Å². The van der Waals surface area contributed by atoms with Gasteiger partial charge in [0, 0.05) is 37.3 Å². The van der Waals surface area contributed by atoms with Crippen molar-refractivity contribution in [3.63, 3.8) is 0 Å². The molecule has 2 aromatic rings. The van der Waals surface area contributed by atoms with Gasteiger partial charge >= 0.3 is 0 Å². The van der Waals surface area contributed by atoms with E-state index in [9.17, 15) is 0 Å². The third-order valence-corrected chi connectivity index (χ3v) is 4.21. The Kier molecular flexibility index (Phi) is 4.68. The monoisotopic (exact) mass is 285 g/mol. The second-order valence-corrected chi connectivity index (χ2v) is 5.47. The van der Waals surface area contributed by atoms with Crippen molar-refractivity contribution in [3.05, 3.63) is 36.5 Å². The summed E-state index contributed by atoms with van der Waals surface area (Å²) in [5.41, 5.74) is 0. The minimum Gasteiger partial charge on any atom is -0.379 e. The van der Waals surface area contributed by atoms with Crippen LogP contribution in [0.15, 0.2) is 36.5 Å². The van der Waals surface area contributed by atoms with Gasteiger partial charge < -0.3 is 10.1 Å². The van der Waals surface area contributed by atoms with E-state index in [1.54, 1.807) is 0 Å². The molecule has 1 unspecified atom stereocenters. The minimum absolute atomic E-state index is 0.537. The number of benzene rings is 1. The molecule has 0 spiro atoms. The molecule has 1 aromatic carbocycles. The van der Waals surface area contributed by atoms with Crippen molar-refractivity contribution in [3.8, 4) is 0 Å². The van der Waals surface area contributed by atoms with Gasteiger partial charge in [0.15, 0.2) is 0 Å². The molecule has 4 heteroatoms. The molecule has 1 saturated heterocycles. The molecule has 0 amide bonds. The topological polar surface area (TPSA) is 37.4 Å². The summed E-state index contributed by atoms with van der Waals surface area (Å²) < 4.78 is 5.44. The first-order valence-corrected chi connectivity index (χ1v) is 7.78. The Morgan fingerprint density at radius 2 is 2.05 bits per heavy atom. The van der Waals surface area contributed by atoms with Crippen LogP contribution in [0.3, 0.4) is 0 Å². The average molecular weight is 285 g/mol. The number of rotatable bonds is 5. The fourth-order valence-corrected chi connectivity index (χ4v) is 2.95. The first kappa shape index (κ1) is 14.3. The maximum atomic E-state index is 5.44. The van der Waals surface area contributed by atoms with E-state index < -0.39 is 0 Å². The number of fused-ring (bicyclic) bond motifs is 1. The van der Waals surface area contributed by atoms with Gasteiger partial charge in [-0.1, -0.05) is 31.2 Å². The Balaban J connectivity index is 1.70. The van der Waals surface area contributed by atoms with Crippen molar-refractivity contribution in [1.29, 1.82) is 0 Å². The molecule has 1 aliphatic heterocycles. The van der Waals surface area contributed by atoms with Gasteiger partial charge in [0.05, 0.1) is 13.2 Å². The van der Waals surface area contributed by atoms with Crippen LogP contribution in [0, 0.1) is 0 Å². The number of nitrogens with one attached hydrogen (secondary N) is 1. The lowest BCUT2D eigenvalue weighted by Gasteiger charge is -2.34. The zero-order valence-electron chi connectivity index (χ0n) is 12.6. The molecule has 0 bridgehead atoms. The summed E-state index contributed by atoms with van der Waals surface area (Å²) >= 11 is 0. The lowest BCUT2D eigenvalue weighted by molar-refractivity contribution is 0.0184. The normalized spacial score (nSPS) is 17.8. The molecule has 3 rings (SSSR count). The van der Waals surface area contributed by atoms with Crippen LogP contribution in [-0.4, -0.2) is 48.8 Å². The van der Waals surface area contributed by atoms with Gasteiger partial charge in [-0.3, -0.25) is 4.90 Å². The fourth-order valence-electron chi connectivity index (χ4n) is 2.95. The van der Waals surface area contributed by atoms with Crippen molar-refractivity contribution in [2.45, 2.75) is 19.4 Å². The molecule has 0 saturated carbocycles. The standard InChI is InChI=1S/C17H23N3O/c1-2-15(20-9-11-21-12-10-20)13-19-17-16-6-4-3-5-14(16)7-8-18-17/h3-8,15H,2,9-13H2,1H3,(H,18,19). The van der Waals surface area contributed by atoms with Crippen LogP contribution in [-0.2, 0) is 4.74 Å². The van der Waals surface area contributed by atoms with E-state index in [0.717, 1.165) is 45.1 Å². The third kappa shape index (κ3) is 3.34. The van der Waals surface area contributed by atoms with E-state index in [2.05, 4.69) is 52.5 Å². The van der Waals surface area contributed by atoms with Crippen molar-refractivity contribution in [2.24, 2.45) is 0 Å². The first-order chi connectivity index (χ1) is 10.4. The van der Waals surface area contributed by atoms with Gasteiger partial charge in [0.2, 0.25) is 0 Å². The van der Waals surface area contributed by atoms with Crippen molar-refractivity contribution >= 4 is 16.6 Å². The second kappa shape index (κ2) is 6.87. The number of pyridine rings is 1. The number of hydrogen-bond donors (Lipinski definition) is 1. The van der Waals surface area contributed by atoms with Gasteiger partial charge in [0.25, 0.3) is 0 Å². The molecule has 21 heavy (non-hydrogen) atoms. The summed E-state index contributed by atoms with van der Waals surface area (Å²) in [6.45, 7) is 6.94. The van der Waals surface area contributed by atoms with E-state index in [4.69, 9.17) is 4.74 Å². The second-order valence-electron chi connectivity index (χ2n) is 5.47. The highest BCUT2D eigenvalue weighted by molar-refractivity contribution is 5.91. The maximum absolute atomic E-state index is 5.44. The van der Waals surface area contributed by atoms with Crippen LogP contribution in [0.2, 0.25) is 0 Å². The summed E-state index contributed by atoms with van der Waals surface area (Å²) in [6, 6.07) is 11.0. The van der Waals surface area contributed by atoms with Crippen LogP contribution in [0.1, 0.15) is 13.3 Å². The average Bonchev–Trinajstić information content (AvgIpc) is 2.56. The quantitative estimate of drug-likeness (QED) is 0.916. The van der Waals surface area contributed by atoms with Crippen LogP contribution < -0.4 is 5.32 Å². The molecule has 0 radical (unpaired) electrons. The first-order valence-electron chi connectivity index (χ1n) is 7.78. The van der Waals surface area contributed by atoms with E-state index in [1.165, 1.54) is 10.8 Å². The summed E-state index contributed by atoms with van der Waals surface area (Å²) in [6.07, 6.45) is 3.01. The zero-order chi connectivity index (χ0) is 14.5. The highest BCUT2D eigenvalue weighted by Gasteiger charge is 2.19. The molecule has 1 atom stereocenters. The molecular weight excluding hydrogens is 262 g/mol. The van der Waals surface area contributed by atoms with E-state index in [0.29, 0.717) is 6.04 Å². The highest BCUT2D eigenvalue weighted by Crippen LogP contribution is 2.20. The molecule has 1 N–H and O–H groups in total. The molecule has 112 valence electrons. The van der Waals surface area contributed by atoms with Crippen molar-refractivity contribution in [1.82, 2.24) is 9.88 Å². The van der Waals surface area contributed by atoms with Gasteiger partial charge in [-0.15, -0.1) is 0 Å². The predicted molar refractivity (Wildman–Crippen MR) is 86.7 cm³/mol. The predicted octanol–water partition coefficient (Wildman–Crippen LogP) is 2.76. The number of anilines is 1. The van der Waals surface area contributed by atoms with Gasteiger partial charge in [0.1, 0.15) is 5.82 Å². The van der Waals surface area contributed by atoms with Crippen LogP contribution >= 0.6 is 0 Å². The van der Waals surface area contributed by atoms with E-state index in [-0.39, 0.29) is 0 Å². The molecule has 1 fully saturated rings. The Bertz CT molecular complexity index is 576. The summed E-state index contributed by atoms with van der Waals surface area (Å²) in [5, 5.41) is 5.96. The van der Waals surface area contributed by atoms with E-state index in [1.807, 2.05) is 6.20 Å². The number of morpholine rings is 1. The smallest absolute Gasteiger partial charge is 0.133 e. The number of nitrogens with zero attached hydrogens (tertiary/aromatic N) is 2. The Hall–Kier alpha value is -1.65. The van der Waals surface area contributed by atoms with Crippen LogP contribution in [0.4, 0.5) is 5.82 Å². The lowest BCUT2D eigenvalue weighted by Crippen LogP contribution is -2.46. The van der Waals surface area contributed by atoms with E-state index >= 15 is 0 Å². The van der Waals surface area contributed by atoms with Gasteiger partial charge in [-0.25, -0.2) is 4.98 Å². The zero-order valence-corrected chi connectivity index (χ0v) is 12.6. The van der Waals surface area contributed by atoms with Gasteiger partial charge in [-0.2, -0.15) is 0 Å². The molecule has 2 heterocycles. The molecule has 1 aliphatic rings. The molecule has 1 aromatic heterocycles. The largest absolute Gasteiger partial charge is 0.379 e. The fraction of sp³-hybridized carbons (Fsp3) is 0.471. The number of aromatic nitrogens is 1. The van der Waals surface area contributed by atoms with Crippen LogP contribution in [0.5, 0.6) is 0 Å². The number of ether oxygens (including phenoxy) is 1. The molecule has 0 aliphatic carbocycles. The SMILES string of the molecule is CCC(CNc1nccc2ccccc12)N1CCOCC1. The number of hydrogen-bond acceptors (Lipinski definition) is 4. The third-order valence-electron chi connectivity index (χ3n) is 4.21. The highest BCUT2D eigenvalue weighted by atomic mass is 16.5. The summed E-state index contributed by atoms with van der Waals surface area (Å²) in [7, 11) is 0. The van der Waals surface area contributed by atoms with Crippen molar-refractivity contribution in [2.75, 3.05) is 38.2 Å². The van der Waals surface area contributed by atoms with Gasteiger partial charge in [-0.05, 0) is 17.9 Å². The summed E-state index contributed by atoms with van der Waals surface area (Å²) in [4.78, 5) is 7.02. The minimum atomic E-state index is 0.537. The molecule has 4 nitrogen and oxygen atoms in total.